The smallest absolute Gasteiger partial charge is 0.224 e. The van der Waals surface area contributed by atoms with Crippen molar-refractivity contribution in [3.05, 3.63) is 52.5 Å². The molecule has 2 rings (SSSR count). The summed E-state index contributed by atoms with van der Waals surface area (Å²) >= 11 is 5.83. The number of carbonyl (C=O) groups excluding carboxylic acids is 2. The van der Waals surface area contributed by atoms with Crippen LogP contribution in [-0.2, 0) is 4.79 Å². The molecule has 126 valence electrons. The monoisotopic (exact) mass is 347 g/mol. The number of rotatable bonds is 6. The molecule has 0 fully saturated rings. The fraction of sp³-hybridized carbons (Fsp3) is 0.222. The van der Waals surface area contributed by atoms with Gasteiger partial charge < -0.3 is 15.2 Å². The minimum absolute atomic E-state index is 0.0120. The van der Waals surface area contributed by atoms with Gasteiger partial charge in [0.2, 0.25) is 5.91 Å². The standard InChI is InChI=1S/C18H18ClNO4/c1-11-3-7-17(24-2)13(9-11)15(21)6-8-18(23)20-14-10-12(19)4-5-16(14)22/h3-5,7,9-10,22H,6,8H2,1-2H3,(H,20,23). The molecule has 0 saturated carbocycles. The number of halogens is 1. The Morgan fingerprint density at radius 1 is 1.17 bits per heavy atom. The van der Waals surface area contributed by atoms with Crippen molar-refractivity contribution in [3.63, 3.8) is 0 Å². The van der Waals surface area contributed by atoms with Gasteiger partial charge in [0, 0.05) is 17.9 Å². The Balaban J connectivity index is 2.00. The molecular formula is C18H18ClNO4. The molecule has 2 aromatic carbocycles. The first kappa shape index (κ1) is 17.8. The minimum atomic E-state index is -0.382. The number of hydrogen-bond acceptors (Lipinski definition) is 4. The van der Waals surface area contributed by atoms with E-state index >= 15 is 0 Å². The van der Waals surface area contributed by atoms with Crippen molar-refractivity contribution in [2.45, 2.75) is 19.8 Å². The summed E-state index contributed by atoms with van der Waals surface area (Å²) in [5.41, 5.74) is 1.61. The Morgan fingerprint density at radius 2 is 1.92 bits per heavy atom. The predicted molar refractivity (Wildman–Crippen MR) is 93.0 cm³/mol. The number of amides is 1. The fourth-order valence-electron chi connectivity index (χ4n) is 2.22. The van der Waals surface area contributed by atoms with Gasteiger partial charge in [0.1, 0.15) is 11.5 Å². The summed E-state index contributed by atoms with van der Waals surface area (Å²) in [6.07, 6.45) is 0.0227. The molecule has 24 heavy (non-hydrogen) atoms. The second kappa shape index (κ2) is 7.84. The number of benzene rings is 2. The number of methoxy groups -OCH3 is 1. The highest BCUT2D eigenvalue weighted by Crippen LogP contribution is 2.27. The van der Waals surface area contributed by atoms with Crippen LogP contribution in [0.25, 0.3) is 0 Å². The number of phenolic OH excluding ortho intramolecular Hbond substituents is 1. The van der Waals surface area contributed by atoms with Crippen molar-refractivity contribution in [1.82, 2.24) is 0 Å². The fourth-order valence-corrected chi connectivity index (χ4v) is 2.39. The minimum Gasteiger partial charge on any atom is -0.506 e. The molecule has 2 N–H and O–H groups in total. The third kappa shape index (κ3) is 4.49. The third-order valence-electron chi connectivity index (χ3n) is 3.47. The van der Waals surface area contributed by atoms with E-state index in [0.29, 0.717) is 16.3 Å². The van der Waals surface area contributed by atoms with Crippen LogP contribution >= 0.6 is 11.6 Å². The van der Waals surface area contributed by atoms with Crippen LogP contribution in [0.5, 0.6) is 11.5 Å². The average molecular weight is 348 g/mol. The van der Waals surface area contributed by atoms with E-state index in [4.69, 9.17) is 16.3 Å². The maximum Gasteiger partial charge on any atom is 0.224 e. The van der Waals surface area contributed by atoms with Crippen LogP contribution in [-0.4, -0.2) is 23.9 Å². The van der Waals surface area contributed by atoms with Gasteiger partial charge in [0.25, 0.3) is 0 Å². The van der Waals surface area contributed by atoms with Crippen molar-refractivity contribution in [1.29, 1.82) is 0 Å². The first-order valence-electron chi connectivity index (χ1n) is 7.37. The van der Waals surface area contributed by atoms with E-state index in [0.717, 1.165) is 5.56 Å². The number of nitrogens with one attached hydrogen (secondary N) is 1. The Labute approximate surface area is 145 Å². The SMILES string of the molecule is COc1ccc(C)cc1C(=O)CCC(=O)Nc1cc(Cl)ccc1O. The largest absolute Gasteiger partial charge is 0.506 e. The van der Waals surface area contributed by atoms with E-state index in [-0.39, 0.29) is 36.0 Å². The Bertz CT molecular complexity index is 774. The number of hydrogen-bond donors (Lipinski definition) is 2. The van der Waals surface area contributed by atoms with Gasteiger partial charge in [-0.3, -0.25) is 9.59 Å². The highest BCUT2D eigenvalue weighted by Gasteiger charge is 2.15. The van der Waals surface area contributed by atoms with Crippen molar-refractivity contribution in [3.8, 4) is 11.5 Å². The Hall–Kier alpha value is -2.53. The van der Waals surface area contributed by atoms with Gasteiger partial charge in [-0.25, -0.2) is 0 Å². The van der Waals surface area contributed by atoms with Crippen LogP contribution in [0, 0.1) is 6.92 Å². The van der Waals surface area contributed by atoms with Gasteiger partial charge in [-0.2, -0.15) is 0 Å². The summed E-state index contributed by atoms with van der Waals surface area (Å²) < 4.78 is 5.18. The molecule has 0 unspecified atom stereocenters. The van der Waals surface area contributed by atoms with Crippen molar-refractivity contribution < 1.29 is 19.4 Å². The van der Waals surface area contributed by atoms with E-state index in [9.17, 15) is 14.7 Å². The molecule has 2 aromatic rings. The van der Waals surface area contributed by atoms with E-state index in [1.54, 1.807) is 12.1 Å². The molecule has 5 nitrogen and oxygen atoms in total. The third-order valence-corrected chi connectivity index (χ3v) is 3.70. The molecular weight excluding hydrogens is 330 g/mol. The highest BCUT2D eigenvalue weighted by atomic mass is 35.5. The van der Waals surface area contributed by atoms with Crippen LogP contribution in [0.2, 0.25) is 5.02 Å². The van der Waals surface area contributed by atoms with Crippen LogP contribution in [0.15, 0.2) is 36.4 Å². The molecule has 0 spiro atoms. The lowest BCUT2D eigenvalue weighted by atomic mass is 10.0. The lowest BCUT2D eigenvalue weighted by molar-refractivity contribution is -0.116. The Kier molecular flexibility index (Phi) is 5.82. The van der Waals surface area contributed by atoms with E-state index in [2.05, 4.69) is 5.32 Å². The molecule has 0 radical (unpaired) electrons. The number of carbonyl (C=O) groups is 2. The van der Waals surface area contributed by atoms with Crippen LogP contribution < -0.4 is 10.1 Å². The quantitative estimate of drug-likeness (QED) is 0.612. The molecule has 1 amide bonds. The van der Waals surface area contributed by atoms with Gasteiger partial charge in [-0.05, 0) is 37.3 Å². The van der Waals surface area contributed by atoms with E-state index in [1.807, 2.05) is 13.0 Å². The summed E-state index contributed by atoms with van der Waals surface area (Å²) in [5, 5.41) is 12.6. The van der Waals surface area contributed by atoms with Crippen molar-refractivity contribution >= 4 is 29.0 Å². The summed E-state index contributed by atoms with van der Waals surface area (Å²) in [6.45, 7) is 1.88. The lowest BCUT2D eigenvalue weighted by Gasteiger charge is -2.10. The number of anilines is 1. The molecule has 0 aromatic heterocycles. The van der Waals surface area contributed by atoms with Gasteiger partial charge in [0.05, 0.1) is 18.4 Å². The molecule has 6 heteroatoms. The number of aromatic hydroxyl groups is 1. The number of Topliss-reactive ketones (excluding diaryl/α,β-unsaturated/α-hetero) is 1. The molecule has 0 heterocycles. The maximum absolute atomic E-state index is 12.3. The molecule has 0 aliphatic carbocycles. The molecule has 0 aliphatic heterocycles. The lowest BCUT2D eigenvalue weighted by Crippen LogP contribution is -2.14. The molecule has 0 aliphatic rings. The normalized spacial score (nSPS) is 10.3. The predicted octanol–water partition coefficient (Wildman–Crippen LogP) is 3.96. The zero-order valence-electron chi connectivity index (χ0n) is 13.4. The number of ketones is 1. The first-order chi connectivity index (χ1) is 11.4. The van der Waals surface area contributed by atoms with E-state index < -0.39 is 0 Å². The Morgan fingerprint density at radius 3 is 2.62 bits per heavy atom. The highest BCUT2D eigenvalue weighted by molar-refractivity contribution is 6.31. The summed E-state index contributed by atoms with van der Waals surface area (Å²) in [7, 11) is 1.50. The van der Waals surface area contributed by atoms with Gasteiger partial charge in [0.15, 0.2) is 5.78 Å². The second-order valence-corrected chi connectivity index (χ2v) is 5.77. The van der Waals surface area contributed by atoms with Crippen molar-refractivity contribution in [2.75, 3.05) is 12.4 Å². The summed E-state index contributed by atoms with van der Waals surface area (Å²) in [6, 6.07) is 9.67. The second-order valence-electron chi connectivity index (χ2n) is 5.34. The molecule has 0 bridgehead atoms. The van der Waals surface area contributed by atoms with Crippen LogP contribution in [0.4, 0.5) is 5.69 Å². The number of phenols is 1. The van der Waals surface area contributed by atoms with Gasteiger partial charge in [-0.15, -0.1) is 0 Å². The zero-order chi connectivity index (χ0) is 17.7. The summed E-state index contributed by atoms with van der Waals surface area (Å²) in [4.78, 5) is 24.3. The van der Waals surface area contributed by atoms with Crippen molar-refractivity contribution in [2.24, 2.45) is 0 Å². The molecule has 0 atom stereocenters. The summed E-state index contributed by atoms with van der Waals surface area (Å²) in [5.74, 6) is -0.161. The average Bonchev–Trinajstić information content (AvgIpc) is 2.56. The van der Waals surface area contributed by atoms with Gasteiger partial charge >= 0.3 is 0 Å². The van der Waals surface area contributed by atoms with Crippen LogP contribution in [0.1, 0.15) is 28.8 Å². The number of aryl methyl sites for hydroxylation is 1. The molecule has 0 saturated heterocycles. The van der Waals surface area contributed by atoms with Crippen LogP contribution in [0.3, 0.4) is 0 Å². The number of ether oxygens (including phenoxy) is 1. The zero-order valence-corrected chi connectivity index (χ0v) is 14.2. The maximum atomic E-state index is 12.3. The topological polar surface area (TPSA) is 75.6 Å². The first-order valence-corrected chi connectivity index (χ1v) is 7.74. The van der Waals surface area contributed by atoms with E-state index in [1.165, 1.54) is 25.3 Å². The van der Waals surface area contributed by atoms with Gasteiger partial charge in [-0.1, -0.05) is 23.2 Å².